The Hall–Kier alpha value is -0.820. The summed E-state index contributed by atoms with van der Waals surface area (Å²) in [6, 6.07) is 0. The molecule has 0 bridgehead atoms. The molecule has 6 nitrogen and oxygen atoms in total. The molecule has 35 heavy (non-hydrogen) atoms. The molecular weight excluding hydrogens is 444 g/mol. The lowest BCUT2D eigenvalue weighted by molar-refractivity contribution is -0.267. The summed E-state index contributed by atoms with van der Waals surface area (Å²) >= 11 is 0. The second kappa shape index (κ2) is 7.85. The lowest BCUT2D eigenvalue weighted by Crippen LogP contribution is -2.71. The van der Waals surface area contributed by atoms with E-state index in [0.29, 0.717) is 19.3 Å². The predicted molar refractivity (Wildman–Crippen MR) is 131 cm³/mol. The predicted octanol–water partition coefficient (Wildman–Crippen LogP) is 3.13. The highest BCUT2D eigenvalue weighted by Crippen LogP contribution is 2.75. The zero-order valence-electron chi connectivity index (χ0n) is 22.2. The number of carbonyl (C=O) groups excluding carboxylic acids is 2. The van der Waals surface area contributed by atoms with Crippen LogP contribution in [-0.2, 0) is 9.59 Å². The van der Waals surface area contributed by atoms with Gasteiger partial charge in [0, 0.05) is 24.2 Å². The topological polar surface area (TPSA) is 115 Å². The quantitative estimate of drug-likeness (QED) is 0.483. The highest BCUT2D eigenvalue weighted by Gasteiger charge is 2.73. The molecule has 0 spiro atoms. The molecule has 5 rings (SSSR count). The van der Waals surface area contributed by atoms with Crippen molar-refractivity contribution in [3.05, 3.63) is 0 Å². The number of fused-ring (bicyclic) bond motifs is 7. The molecule has 0 aliphatic heterocycles. The highest BCUT2D eigenvalue weighted by molar-refractivity contribution is 5.86. The Kier molecular flexibility index (Phi) is 5.79. The maximum absolute atomic E-state index is 13.7. The first-order valence-corrected chi connectivity index (χ1v) is 13.9. The average Bonchev–Trinajstić information content (AvgIpc) is 3.26. The molecular formula is C29H46O6. The Morgan fingerprint density at radius 1 is 1.00 bits per heavy atom. The molecule has 5 fully saturated rings. The summed E-state index contributed by atoms with van der Waals surface area (Å²) in [7, 11) is 0. The maximum Gasteiger partial charge on any atom is 0.141 e. The summed E-state index contributed by atoms with van der Waals surface area (Å²) in [6.45, 7) is 9.78. The van der Waals surface area contributed by atoms with E-state index in [9.17, 15) is 30.0 Å². The van der Waals surface area contributed by atoms with Crippen LogP contribution in [-0.4, -0.2) is 56.9 Å². The Labute approximate surface area is 209 Å². The Bertz CT molecular complexity index is 915. The Morgan fingerprint density at radius 2 is 1.69 bits per heavy atom. The summed E-state index contributed by atoms with van der Waals surface area (Å²) in [6.07, 6.45) is 4.85. The Morgan fingerprint density at radius 3 is 2.31 bits per heavy atom. The first-order chi connectivity index (χ1) is 16.2. The van der Waals surface area contributed by atoms with E-state index < -0.39 is 27.9 Å². The third-order valence-electron chi connectivity index (χ3n) is 13.2. The SMILES string of the molecule is C[C@]12CCC(=O)[C@@](C)(CO)[C@@H]1C[C@H](O)[C@]1(C)[C@@H]2CC[C@@H]2[C@H]3[C@H]([C@@](C)(O)CO)CC[C@H]3C(=O)C[C@]21C. The first-order valence-electron chi connectivity index (χ1n) is 13.9. The molecule has 0 saturated heterocycles. The molecule has 0 amide bonds. The minimum absolute atomic E-state index is 0.0227. The third-order valence-corrected chi connectivity index (χ3v) is 13.2. The monoisotopic (exact) mass is 490 g/mol. The van der Waals surface area contributed by atoms with Crippen LogP contribution < -0.4 is 0 Å². The molecule has 4 N–H and O–H groups in total. The van der Waals surface area contributed by atoms with Gasteiger partial charge in [0.25, 0.3) is 0 Å². The fraction of sp³-hybridized carbons (Fsp3) is 0.931. The van der Waals surface area contributed by atoms with Crippen molar-refractivity contribution in [1.29, 1.82) is 0 Å². The van der Waals surface area contributed by atoms with E-state index in [-0.39, 0.29) is 65.7 Å². The number of aliphatic hydroxyl groups is 4. The maximum atomic E-state index is 13.7. The van der Waals surface area contributed by atoms with Gasteiger partial charge < -0.3 is 20.4 Å². The Balaban J connectivity index is 1.59. The van der Waals surface area contributed by atoms with Crippen molar-refractivity contribution < 1.29 is 30.0 Å². The van der Waals surface area contributed by atoms with Gasteiger partial charge in [-0.2, -0.15) is 0 Å². The molecule has 0 aromatic heterocycles. The average molecular weight is 491 g/mol. The van der Waals surface area contributed by atoms with Crippen LogP contribution >= 0.6 is 0 Å². The summed E-state index contributed by atoms with van der Waals surface area (Å²) in [5.41, 5.74) is -3.18. The standard InChI is InChI=1S/C29H46O6/c1-25-11-10-22(33)26(2,14-30)21(25)12-23(34)29(5)20(25)9-8-17-24-16(19(32)13-27(17,29)3)6-7-18(24)28(4,35)15-31/h16-18,20-21,23-24,30-31,34-35H,6-15H2,1-5H3/t16-,17+,18+,20+,21+,23-,24-,25+,26-,27+,28-,29-/m0/s1. The molecule has 0 aromatic rings. The zero-order chi connectivity index (χ0) is 25.8. The first kappa shape index (κ1) is 25.8. The molecule has 0 heterocycles. The molecule has 0 radical (unpaired) electrons. The van der Waals surface area contributed by atoms with Crippen molar-refractivity contribution in [1.82, 2.24) is 0 Å². The van der Waals surface area contributed by atoms with Gasteiger partial charge in [0.1, 0.15) is 11.6 Å². The minimum Gasteiger partial charge on any atom is -0.395 e. The van der Waals surface area contributed by atoms with Gasteiger partial charge in [0.15, 0.2) is 0 Å². The van der Waals surface area contributed by atoms with Crippen LogP contribution in [0.25, 0.3) is 0 Å². The van der Waals surface area contributed by atoms with Crippen molar-refractivity contribution in [2.75, 3.05) is 13.2 Å². The molecule has 0 unspecified atom stereocenters. The largest absolute Gasteiger partial charge is 0.395 e. The number of rotatable bonds is 3. The van der Waals surface area contributed by atoms with Gasteiger partial charge in [-0.1, -0.05) is 27.7 Å². The van der Waals surface area contributed by atoms with Crippen molar-refractivity contribution in [3.8, 4) is 0 Å². The van der Waals surface area contributed by atoms with Crippen LogP contribution in [0.15, 0.2) is 0 Å². The summed E-state index contributed by atoms with van der Waals surface area (Å²) in [4.78, 5) is 26.6. The van der Waals surface area contributed by atoms with E-state index in [1.807, 2.05) is 6.92 Å². The van der Waals surface area contributed by atoms with Crippen LogP contribution in [0.5, 0.6) is 0 Å². The fourth-order valence-corrected chi connectivity index (χ4v) is 11.0. The van der Waals surface area contributed by atoms with E-state index in [1.54, 1.807) is 6.92 Å². The third kappa shape index (κ3) is 3.03. The molecule has 5 aliphatic carbocycles. The zero-order valence-corrected chi connectivity index (χ0v) is 22.2. The van der Waals surface area contributed by atoms with Gasteiger partial charge in [-0.3, -0.25) is 9.59 Å². The second-order valence-electron chi connectivity index (χ2n) is 14.3. The van der Waals surface area contributed by atoms with E-state index in [1.165, 1.54) is 0 Å². The summed E-state index contributed by atoms with van der Waals surface area (Å²) in [5, 5.41) is 43.4. The van der Waals surface area contributed by atoms with Gasteiger partial charge in [0.05, 0.1) is 30.3 Å². The number of Topliss-reactive ketones (excluding diaryl/α,β-unsaturated/α-hetero) is 2. The molecule has 0 aromatic carbocycles. The van der Waals surface area contributed by atoms with Crippen LogP contribution in [0, 0.1) is 57.2 Å². The number of hydrogen-bond acceptors (Lipinski definition) is 6. The van der Waals surface area contributed by atoms with Crippen LogP contribution in [0.3, 0.4) is 0 Å². The fourth-order valence-electron chi connectivity index (χ4n) is 11.0. The van der Waals surface area contributed by atoms with Crippen molar-refractivity contribution in [3.63, 3.8) is 0 Å². The van der Waals surface area contributed by atoms with Crippen molar-refractivity contribution >= 4 is 11.6 Å². The van der Waals surface area contributed by atoms with Gasteiger partial charge in [0.2, 0.25) is 0 Å². The van der Waals surface area contributed by atoms with E-state index in [0.717, 1.165) is 32.1 Å². The van der Waals surface area contributed by atoms with Gasteiger partial charge in [-0.05, 0) is 85.9 Å². The van der Waals surface area contributed by atoms with Gasteiger partial charge >= 0.3 is 0 Å². The molecule has 5 aliphatic rings. The summed E-state index contributed by atoms with van der Waals surface area (Å²) in [5.74, 6) is 0.447. The van der Waals surface area contributed by atoms with Crippen LogP contribution in [0.4, 0.5) is 0 Å². The number of carbonyl (C=O) groups is 2. The smallest absolute Gasteiger partial charge is 0.141 e. The normalized spacial score (nSPS) is 55.4. The molecule has 198 valence electrons. The van der Waals surface area contributed by atoms with E-state index >= 15 is 0 Å². The number of ketones is 2. The van der Waals surface area contributed by atoms with E-state index in [4.69, 9.17) is 0 Å². The van der Waals surface area contributed by atoms with Crippen molar-refractivity contribution in [2.45, 2.75) is 97.7 Å². The molecule has 12 atom stereocenters. The number of hydrogen-bond donors (Lipinski definition) is 4. The van der Waals surface area contributed by atoms with Gasteiger partial charge in [-0.25, -0.2) is 0 Å². The lowest BCUT2D eigenvalue weighted by atomic mass is 9.32. The van der Waals surface area contributed by atoms with Crippen molar-refractivity contribution in [2.24, 2.45) is 57.2 Å². The summed E-state index contributed by atoms with van der Waals surface area (Å²) < 4.78 is 0. The van der Waals surface area contributed by atoms with Crippen LogP contribution in [0.1, 0.15) is 86.0 Å². The minimum atomic E-state index is -1.22. The lowest BCUT2D eigenvalue weighted by Gasteiger charge is -2.72. The molecule has 6 heteroatoms. The van der Waals surface area contributed by atoms with Gasteiger partial charge in [-0.15, -0.1) is 0 Å². The second-order valence-corrected chi connectivity index (χ2v) is 14.3. The number of aliphatic hydroxyl groups excluding tert-OH is 3. The van der Waals surface area contributed by atoms with Crippen LogP contribution in [0.2, 0.25) is 0 Å². The highest BCUT2D eigenvalue weighted by atomic mass is 16.3. The molecule has 5 saturated carbocycles. The van der Waals surface area contributed by atoms with E-state index in [2.05, 4.69) is 20.8 Å².